The molecule has 1 saturated heterocycles. The molecule has 1 unspecified atom stereocenters. The van der Waals surface area contributed by atoms with Crippen molar-refractivity contribution in [2.24, 2.45) is 0 Å². The molecule has 1 aromatic rings. The highest BCUT2D eigenvalue weighted by Crippen LogP contribution is 2.35. The summed E-state index contributed by atoms with van der Waals surface area (Å²) in [5, 5.41) is 10.5. The topological polar surface area (TPSA) is 92.7 Å². The molecule has 1 aromatic carbocycles. The second-order valence-corrected chi connectivity index (χ2v) is 8.63. The maximum Gasteiger partial charge on any atom is 0.342 e. The number of fused-ring (bicyclic) bond motifs is 2. The van der Waals surface area contributed by atoms with E-state index in [9.17, 15) is 9.90 Å². The lowest BCUT2D eigenvalue weighted by atomic mass is 9.96. The smallest absolute Gasteiger partial charge is 0.342 e. The summed E-state index contributed by atoms with van der Waals surface area (Å²) >= 11 is 0. The maximum absolute atomic E-state index is 12.8. The molecule has 8 heteroatoms. The number of ether oxygens (including phenoxy) is 6. The average Bonchev–Trinajstić information content (AvgIpc) is 3.03. The standard InChI is InChI=1S/C24H34O8/c1-15-8-6-10-19(29-14-27-4)22-20(31-24(2,3)32-22)11-7-9-16-12-17(28-5)13-18(25)21(16)23(26)30-15/h6,10,12-13,15,19-20,22,25H,7-9,11,14H2,1-5H3/b10-6-/t15-,19?,20-,22+/m0/s1. The van der Waals surface area contributed by atoms with E-state index in [2.05, 4.69) is 0 Å². The highest BCUT2D eigenvalue weighted by molar-refractivity contribution is 5.94. The van der Waals surface area contributed by atoms with Crippen LogP contribution in [-0.4, -0.2) is 62.3 Å². The number of phenolic OH excluding ortho intramolecular Hbond substituents is 1. The van der Waals surface area contributed by atoms with E-state index in [-0.39, 0.29) is 36.4 Å². The first kappa shape index (κ1) is 24.5. The molecule has 0 radical (unpaired) electrons. The Balaban J connectivity index is 1.92. The summed E-state index contributed by atoms with van der Waals surface area (Å²) in [6.45, 7) is 5.70. The molecule has 0 amide bonds. The summed E-state index contributed by atoms with van der Waals surface area (Å²) in [6, 6.07) is 3.20. The van der Waals surface area contributed by atoms with Crippen LogP contribution in [-0.2, 0) is 30.1 Å². The number of hydrogen-bond donors (Lipinski definition) is 1. The van der Waals surface area contributed by atoms with E-state index in [1.807, 2.05) is 26.0 Å². The Morgan fingerprint density at radius 1 is 1.22 bits per heavy atom. The van der Waals surface area contributed by atoms with Gasteiger partial charge >= 0.3 is 5.97 Å². The highest BCUT2D eigenvalue weighted by atomic mass is 16.8. The van der Waals surface area contributed by atoms with Gasteiger partial charge in [-0.2, -0.15) is 0 Å². The molecule has 0 saturated carbocycles. The Morgan fingerprint density at radius 3 is 2.72 bits per heavy atom. The van der Waals surface area contributed by atoms with Gasteiger partial charge in [0.05, 0.1) is 13.2 Å². The van der Waals surface area contributed by atoms with Crippen molar-refractivity contribution in [3.8, 4) is 11.5 Å². The van der Waals surface area contributed by atoms with Gasteiger partial charge < -0.3 is 33.5 Å². The number of rotatable bonds is 4. The van der Waals surface area contributed by atoms with Crippen molar-refractivity contribution in [2.75, 3.05) is 21.0 Å². The first-order valence-corrected chi connectivity index (χ1v) is 11.0. The van der Waals surface area contributed by atoms with E-state index in [4.69, 9.17) is 28.4 Å². The SMILES string of the molecule is COCOC1/C=C\C[C@H](C)OC(=O)c2c(O)cc(OC)cc2CCC[C@@H]2OC(C)(C)O[C@H]12. The number of cyclic esters (lactones) is 1. The van der Waals surface area contributed by atoms with Crippen LogP contribution < -0.4 is 4.74 Å². The van der Waals surface area contributed by atoms with E-state index >= 15 is 0 Å². The van der Waals surface area contributed by atoms with Gasteiger partial charge in [-0.25, -0.2) is 4.79 Å². The number of methoxy groups -OCH3 is 2. The third-order valence-electron chi connectivity index (χ3n) is 5.57. The molecule has 8 nitrogen and oxygen atoms in total. The van der Waals surface area contributed by atoms with Crippen molar-refractivity contribution < 1.29 is 38.3 Å². The molecule has 0 aliphatic carbocycles. The zero-order valence-corrected chi connectivity index (χ0v) is 19.5. The van der Waals surface area contributed by atoms with E-state index in [0.29, 0.717) is 37.0 Å². The average molecular weight is 451 g/mol. The number of esters is 1. The van der Waals surface area contributed by atoms with Crippen LogP contribution in [0.2, 0.25) is 0 Å². The molecule has 2 aliphatic heterocycles. The van der Waals surface area contributed by atoms with Crippen LogP contribution in [0, 0.1) is 0 Å². The van der Waals surface area contributed by atoms with Crippen LogP contribution in [0.1, 0.15) is 56.0 Å². The van der Waals surface area contributed by atoms with Crippen molar-refractivity contribution in [3.63, 3.8) is 0 Å². The van der Waals surface area contributed by atoms with Gasteiger partial charge in [-0.15, -0.1) is 0 Å². The van der Waals surface area contributed by atoms with Crippen LogP contribution in [0.15, 0.2) is 24.3 Å². The number of carbonyl (C=O) groups excluding carboxylic acids is 1. The molecule has 1 fully saturated rings. The zero-order chi connectivity index (χ0) is 23.3. The molecule has 4 atom stereocenters. The van der Waals surface area contributed by atoms with Crippen molar-refractivity contribution >= 4 is 5.97 Å². The van der Waals surface area contributed by atoms with E-state index in [1.165, 1.54) is 13.2 Å². The summed E-state index contributed by atoms with van der Waals surface area (Å²) in [6.07, 6.45) is 4.93. The molecule has 2 aliphatic rings. The fourth-order valence-electron chi connectivity index (χ4n) is 4.17. The lowest BCUT2D eigenvalue weighted by Gasteiger charge is -2.25. The maximum atomic E-state index is 12.8. The second-order valence-electron chi connectivity index (χ2n) is 8.63. The number of carbonyl (C=O) groups is 1. The monoisotopic (exact) mass is 450 g/mol. The lowest BCUT2D eigenvalue weighted by Crippen LogP contribution is -2.37. The fourth-order valence-corrected chi connectivity index (χ4v) is 4.17. The summed E-state index contributed by atoms with van der Waals surface area (Å²) in [7, 11) is 3.09. The van der Waals surface area contributed by atoms with Gasteiger partial charge in [0.2, 0.25) is 0 Å². The minimum atomic E-state index is -0.739. The minimum Gasteiger partial charge on any atom is -0.507 e. The first-order valence-electron chi connectivity index (χ1n) is 11.0. The van der Waals surface area contributed by atoms with Crippen LogP contribution in [0.25, 0.3) is 0 Å². The number of aromatic hydroxyl groups is 1. The van der Waals surface area contributed by atoms with Gasteiger partial charge in [-0.1, -0.05) is 12.2 Å². The molecule has 32 heavy (non-hydrogen) atoms. The number of aryl methyl sites for hydroxylation is 1. The fraction of sp³-hybridized carbons (Fsp3) is 0.625. The molecule has 0 spiro atoms. The minimum absolute atomic E-state index is 0.124. The largest absolute Gasteiger partial charge is 0.507 e. The Bertz CT molecular complexity index is 818. The molecule has 3 rings (SSSR count). The predicted molar refractivity (Wildman–Crippen MR) is 117 cm³/mol. The molecule has 0 aromatic heterocycles. The predicted octanol–water partition coefficient (Wildman–Crippen LogP) is 3.74. The molecule has 0 bridgehead atoms. The van der Waals surface area contributed by atoms with Gasteiger partial charge in [-0.3, -0.25) is 0 Å². The molecular weight excluding hydrogens is 416 g/mol. The summed E-state index contributed by atoms with van der Waals surface area (Å²) in [5.41, 5.74) is 0.856. The number of hydrogen-bond acceptors (Lipinski definition) is 8. The van der Waals surface area contributed by atoms with Crippen LogP contribution >= 0.6 is 0 Å². The van der Waals surface area contributed by atoms with Gasteiger partial charge in [0.1, 0.15) is 42.2 Å². The Labute approximate surface area is 189 Å². The van der Waals surface area contributed by atoms with Gasteiger partial charge in [0, 0.05) is 19.6 Å². The van der Waals surface area contributed by atoms with Crippen molar-refractivity contribution in [3.05, 3.63) is 35.4 Å². The van der Waals surface area contributed by atoms with E-state index in [0.717, 1.165) is 0 Å². The van der Waals surface area contributed by atoms with Crippen LogP contribution in [0.3, 0.4) is 0 Å². The molecular formula is C24H34O8. The van der Waals surface area contributed by atoms with E-state index in [1.54, 1.807) is 20.1 Å². The second kappa shape index (κ2) is 10.7. The first-order chi connectivity index (χ1) is 15.2. The molecule has 178 valence electrons. The third-order valence-corrected chi connectivity index (χ3v) is 5.57. The van der Waals surface area contributed by atoms with Crippen LogP contribution in [0.5, 0.6) is 11.5 Å². The summed E-state index contributed by atoms with van der Waals surface area (Å²) in [4.78, 5) is 12.8. The zero-order valence-electron chi connectivity index (χ0n) is 19.5. The normalized spacial score (nSPS) is 29.3. The van der Waals surface area contributed by atoms with Crippen molar-refractivity contribution in [1.29, 1.82) is 0 Å². The van der Waals surface area contributed by atoms with Crippen molar-refractivity contribution in [2.45, 2.75) is 76.7 Å². The lowest BCUT2D eigenvalue weighted by molar-refractivity contribution is -0.163. The van der Waals surface area contributed by atoms with Gasteiger partial charge in [0.15, 0.2) is 5.79 Å². The summed E-state index contributed by atoms with van der Waals surface area (Å²) < 4.78 is 34.2. The summed E-state index contributed by atoms with van der Waals surface area (Å²) in [5.74, 6) is -0.951. The van der Waals surface area contributed by atoms with E-state index < -0.39 is 17.9 Å². The number of phenols is 1. The van der Waals surface area contributed by atoms with Gasteiger partial charge in [-0.05, 0) is 51.7 Å². The quantitative estimate of drug-likeness (QED) is 0.421. The third kappa shape index (κ3) is 6.01. The van der Waals surface area contributed by atoms with Gasteiger partial charge in [0.25, 0.3) is 0 Å². The Hall–Kier alpha value is -2.13. The molecule has 2 heterocycles. The number of benzene rings is 1. The van der Waals surface area contributed by atoms with Crippen LogP contribution in [0.4, 0.5) is 0 Å². The molecule has 1 N–H and O–H groups in total. The van der Waals surface area contributed by atoms with Crippen molar-refractivity contribution in [1.82, 2.24) is 0 Å². The Morgan fingerprint density at radius 2 is 2.00 bits per heavy atom. The highest BCUT2D eigenvalue weighted by Gasteiger charge is 2.44. The Kier molecular flexibility index (Phi) is 8.16.